The lowest BCUT2D eigenvalue weighted by Gasteiger charge is -2.33. The van der Waals surface area contributed by atoms with E-state index in [1.165, 1.54) is 0 Å². The fourth-order valence-electron chi connectivity index (χ4n) is 2.01. The summed E-state index contributed by atoms with van der Waals surface area (Å²) in [6.45, 7) is 12.4. The normalized spacial score (nSPS) is 11.6. The van der Waals surface area contributed by atoms with Crippen LogP contribution in [0, 0.1) is 5.41 Å². The Morgan fingerprint density at radius 1 is 1.29 bits per heavy atom. The van der Waals surface area contributed by atoms with E-state index in [0.717, 1.165) is 13.3 Å². The van der Waals surface area contributed by atoms with E-state index in [1.807, 2.05) is 18.7 Å². The molecular formula is C13H24N2O2. The molecule has 0 aliphatic carbocycles. The van der Waals surface area contributed by atoms with E-state index in [-0.39, 0.29) is 5.54 Å². The number of carboxylic acid groups (broad SMARTS) is 1. The molecule has 0 saturated carbocycles. The fraction of sp³-hybridized carbons (Fsp3) is 0.692. The van der Waals surface area contributed by atoms with Crippen molar-refractivity contribution in [2.45, 2.75) is 53.5 Å². The third-order valence-corrected chi connectivity index (χ3v) is 2.17. The molecule has 0 spiro atoms. The molecule has 0 bridgehead atoms. The monoisotopic (exact) mass is 240 g/mol. The first-order valence-electron chi connectivity index (χ1n) is 5.72. The standard InChI is InChI=1S/C11H20N2.C2H4O2/c1-10(2,3)8-11(4,5)13-7-6-12-9-13;1-2(3)4/h6-7,9H,8H2,1-5H3;1H3,(H,3,4). The highest BCUT2D eigenvalue weighted by Gasteiger charge is 2.26. The van der Waals surface area contributed by atoms with Crippen molar-refractivity contribution >= 4 is 5.97 Å². The Morgan fingerprint density at radius 2 is 1.76 bits per heavy atom. The summed E-state index contributed by atoms with van der Waals surface area (Å²) in [4.78, 5) is 13.1. The number of nitrogens with zero attached hydrogens (tertiary/aromatic N) is 2. The predicted octanol–water partition coefficient (Wildman–Crippen LogP) is 3.15. The molecule has 1 aromatic heterocycles. The maximum atomic E-state index is 9.00. The topological polar surface area (TPSA) is 55.1 Å². The average molecular weight is 240 g/mol. The van der Waals surface area contributed by atoms with Crippen LogP contribution in [0.5, 0.6) is 0 Å². The van der Waals surface area contributed by atoms with Gasteiger partial charge >= 0.3 is 0 Å². The van der Waals surface area contributed by atoms with Crippen LogP contribution in [0.3, 0.4) is 0 Å². The van der Waals surface area contributed by atoms with Gasteiger partial charge in [-0.2, -0.15) is 0 Å². The van der Waals surface area contributed by atoms with Crippen LogP contribution in [0.1, 0.15) is 48.0 Å². The average Bonchev–Trinajstić information content (AvgIpc) is 2.48. The van der Waals surface area contributed by atoms with E-state index in [2.05, 4.69) is 44.2 Å². The highest BCUT2D eigenvalue weighted by Crippen LogP contribution is 2.31. The predicted molar refractivity (Wildman–Crippen MR) is 68.9 cm³/mol. The van der Waals surface area contributed by atoms with Gasteiger partial charge < -0.3 is 9.67 Å². The van der Waals surface area contributed by atoms with Gasteiger partial charge in [-0.15, -0.1) is 0 Å². The third kappa shape index (κ3) is 7.55. The van der Waals surface area contributed by atoms with Gasteiger partial charge in [0.1, 0.15) is 0 Å². The number of rotatable bonds is 2. The van der Waals surface area contributed by atoms with Crippen molar-refractivity contribution < 1.29 is 9.90 Å². The van der Waals surface area contributed by atoms with Gasteiger partial charge in [-0.1, -0.05) is 20.8 Å². The second kappa shape index (κ2) is 5.84. The molecule has 0 atom stereocenters. The number of imidazole rings is 1. The Balaban J connectivity index is 0.000000557. The molecule has 0 aliphatic heterocycles. The largest absolute Gasteiger partial charge is 0.481 e. The minimum Gasteiger partial charge on any atom is -0.481 e. The molecule has 1 N–H and O–H groups in total. The molecule has 4 heteroatoms. The zero-order chi connectivity index (χ0) is 13.7. The number of aliphatic carboxylic acids is 1. The van der Waals surface area contributed by atoms with Crippen molar-refractivity contribution in [3.05, 3.63) is 18.7 Å². The highest BCUT2D eigenvalue weighted by atomic mass is 16.4. The molecule has 17 heavy (non-hydrogen) atoms. The minimum absolute atomic E-state index is 0.161. The van der Waals surface area contributed by atoms with E-state index in [0.29, 0.717) is 5.41 Å². The van der Waals surface area contributed by atoms with Gasteiger partial charge in [-0.3, -0.25) is 4.79 Å². The molecule has 0 aromatic carbocycles. The highest BCUT2D eigenvalue weighted by molar-refractivity contribution is 5.62. The van der Waals surface area contributed by atoms with Crippen LogP contribution in [-0.2, 0) is 10.3 Å². The summed E-state index contributed by atoms with van der Waals surface area (Å²) in [7, 11) is 0. The Hall–Kier alpha value is -1.32. The van der Waals surface area contributed by atoms with E-state index < -0.39 is 5.97 Å². The maximum absolute atomic E-state index is 9.00. The SMILES string of the molecule is CC(=O)O.CC(C)(C)CC(C)(C)n1ccnc1. The number of carboxylic acids is 1. The van der Waals surface area contributed by atoms with Crippen molar-refractivity contribution in [3.8, 4) is 0 Å². The van der Waals surface area contributed by atoms with Crippen LogP contribution in [0.15, 0.2) is 18.7 Å². The molecule has 1 rings (SSSR count). The summed E-state index contributed by atoms with van der Waals surface area (Å²) in [5.41, 5.74) is 0.516. The Kier molecular flexibility index (Phi) is 5.39. The first kappa shape index (κ1) is 15.7. The molecule has 1 aromatic rings. The summed E-state index contributed by atoms with van der Waals surface area (Å²) in [5, 5.41) is 7.42. The molecule has 1 heterocycles. The van der Waals surface area contributed by atoms with Crippen LogP contribution < -0.4 is 0 Å². The summed E-state index contributed by atoms with van der Waals surface area (Å²) in [6.07, 6.45) is 6.91. The third-order valence-electron chi connectivity index (χ3n) is 2.17. The Morgan fingerprint density at radius 3 is 2.06 bits per heavy atom. The van der Waals surface area contributed by atoms with Crippen molar-refractivity contribution in [2.24, 2.45) is 5.41 Å². The lowest BCUT2D eigenvalue weighted by molar-refractivity contribution is -0.134. The second-order valence-electron chi connectivity index (χ2n) is 6.04. The van der Waals surface area contributed by atoms with Gasteiger partial charge in [-0.25, -0.2) is 4.98 Å². The zero-order valence-electron chi connectivity index (χ0n) is 11.7. The Bertz CT molecular complexity index is 331. The van der Waals surface area contributed by atoms with Crippen molar-refractivity contribution in [2.75, 3.05) is 0 Å². The minimum atomic E-state index is -0.833. The van der Waals surface area contributed by atoms with Gasteiger partial charge in [0.2, 0.25) is 0 Å². The van der Waals surface area contributed by atoms with Gasteiger partial charge in [0, 0.05) is 24.9 Å². The van der Waals surface area contributed by atoms with Gasteiger partial charge in [-0.05, 0) is 25.7 Å². The number of hydrogen-bond donors (Lipinski definition) is 1. The lowest BCUT2D eigenvalue weighted by Crippen LogP contribution is -2.30. The molecule has 4 nitrogen and oxygen atoms in total. The van der Waals surface area contributed by atoms with Crippen LogP contribution >= 0.6 is 0 Å². The van der Waals surface area contributed by atoms with E-state index >= 15 is 0 Å². The molecule has 0 unspecified atom stereocenters. The van der Waals surface area contributed by atoms with E-state index in [4.69, 9.17) is 9.90 Å². The van der Waals surface area contributed by atoms with Crippen LogP contribution in [0.2, 0.25) is 0 Å². The lowest BCUT2D eigenvalue weighted by atomic mass is 9.82. The zero-order valence-corrected chi connectivity index (χ0v) is 11.7. The maximum Gasteiger partial charge on any atom is 0.300 e. The van der Waals surface area contributed by atoms with Crippen molar-refractivity contribution in [1.29, 1.82) is 0 Å². The molecule has 0 aliphatic rings. The molecule has 98 valence electrons. The van der Waals surface area contributed by atoms with Gasteiger partial charge in [0.05, 0.1) is 6.33 Å². The van der Waals surface area contributed by atoms with Crippen LogP contribution in [0.4, 0.5) is 0 Å². The first-order chi connectivity index (χ1) is 7.54. The Labute approximate surface area is 104 Å². The summed E-state index contributed by atoms with van der Waals surface area (Å²) >= 11 is 0. The number of hydrogen-bond acceptors (Lipinski definition) is 2. The fourth-order valence-corrected chi connectivity index (χ4v) is 2.01. The first-order valence-corrected chi connectivity index (χ1v) is 5.72. The number of aromatic nitrogens is 2. The summed E-state index contributed by atoms with van der Waals surface area (Å²) in [6, 6.07) is 0. The second-order valence-corrected chi connectivity index (χ2v) is 6.04. The van der Waals surface area contributed by atoms with Crippen molar-refractivity contribution in [3.63, 3.8) is 0 Å². The molecule has 0 amide bonds. The van der Waals surface area contributed by atoms with Crippen molar-refractivity contribution in [1.82, 2.24) is 9.55 Å². The molecule has 0 radical (unpaired) electrons. The summed E-state index contributed by atoms with van der Waals surface area (Å²) in [5.74, 6) is -0.833. The van der Waals surface area contributed by atoms with E-state index in [1.54, 1.807) is 0 Å². The molecule has 0 saturated heterocycles. The summed E-state index contributed by atoms with van der Waals surface area (Å²) < 4.78 is 2.18. The van der Waals surface area contributed by atoms with Gasteiger partial charge in [0.15, 0.2) is 0 Å². The number of carbonyl (C=O) groups is 1. The van der Waals surface area contributed by atoms with E-state index in [9.17, 15) is 0 Å². The molecular weight excluding hydrogens is 216 g/mol. The van der Waals surface area contributed by atoms with Crippen LogP contribution in [0.25, 0.3) is 0 Å². The van der Waals surface area contributed by atoms with Gasteiger partial charge in [0.25, 0.3) is 5.97 Å². The van der Waals surface area contributed by atoms with Crippen LogP contribution in [-0.4, -0.2) is 20.6 Å². The molecule has 0 fully saturated rings. The quantitative estimate of drug-likeness (QED) is 0.864. The smallest absolute Gasteiger partial charge is 0.300 e.